The molecule has 1 aliphatic heterocycles. The van der Waals surface area contributed by atoms with Gasteiger partial charge in [0.25, 0.3) is 0 Å². The maximum atomic E-state index is 12.6. The van der Waals surface area contributed by atoms with E-state index in [1.54, 1.807) is 4.90 Å². The summed E-state index contributed by atoms with van der Waals surface area (Å²) in [7, 11) is 0. The molecule has 0 bridgehead atoms. The molecule has 0 spiro atoms. The number of hydrogen-bond acceptors (Lipinski definition) is 5. The van der Waals surface area contributed by atoms with Crippen molar-refractivity contribution in [3.05, 3.63) is 34.3 Å². The van der Waals surface area contributed by atoms with E-state index >= 15 is 0 Å². The molecule has 1 fully saturated rings. The zero-order valence-corrected chi connectivity index (χ0v) is 17.3. The van der Waals surface area contributed by atoms with Crippen molar-refractivity contribution in [1.29, 1.82) is 0 Å². The first-order chi connectivity index (χ1) is 12.7. The standard InChI is InChI=1S/C20H26N4O2S/c1-6-20(4,5)18-22-23-19(27-18)21-17(26)14-10-16(25)24(11-14)15-8-12(2)7-13(3)9-15/h7-9,14H,6,10-11H2,1-5H3,(H,21,23,26). The Labute approximate surface area is 164 Å². The Morgan fingerprint density at radius 3 is 2.56 bits per heavy atom. The van der Waals surface area contributed by atoms with Crippen molar-refractivity contribution in [2.24, 2.45) is 5.92 Å². The zero-order chi connectivity index (χ0) is 19.8. The molecule has 27 heavy (non-hydrogen) atoms. The minimum Gasteiger partial charge on any atom is -0.312 e. The number of anilines is 2. The van der Waals surface area contributed by atoms with Crippen LogP contribution < -0.4 is 10.2 Å². The molecular weight excluding hydrogens is 360 g/mol. The summed E-state index contributed by atoms with van der Waals surface area (Å²) in [5.41, 5.74) is 3.00. The van der Waals surface area contributed by atoms with Gasteiger partial charge >= 0.3 is 0 Å². The van der Waals surface area contributed by atoms with Crippen LogP contribution in [0.2, 0.25) is 0 Å². The molecule has 144 valence electrons. The van der Waals surface area contributed by atoms with Gasteiger partial charge < -0.3 is 10.2 Å². The second-order valence-electron chi connectivity index (χ2n) is 7.89. The molecule has 1 saturated heterocycles. The van der Waals surface area contributed by atoms with Crippen LogP contribution in [0.3, 0.4) is 0 Å². The van der Waals surface area contributed by atoms with E-state index in [1.165, 1.54) is 11.3 Å². The number of benzene rings is 1. The zero-order valence-electron chi connectivity index (χ0n) is 16.5. The molecule has 2 heterocycles. The summed E-state index contributed by atoms with van der Waals surface area (Å²) in [6.45, 7) is 10.7. The number of carbonyl (C=O) groups excluding carboxylic acids is 2. The van der Waals surface area contributed by atoms with Crippen LogP contribution in [0.4, 0.5) is 10.8 Å². The molecule has 0 radical (unpaired) electrons. The van der Waals surface area contributed by atoms with E-state index in [2.05, 4.69) is 42.4 Å². The fraction of sp³-hybridized carbons (Fsp3) is 0.500. The molecule has 2 aromatic rings. The molecule has 1 aromatic heterocycles. The second-order valence-corrected chi connectivity index (χ2v) is 8.87. The molecule has 1 aliphatic rings. The number of carbonyl (C=O) groups is 2. The van der Waals surface area contributed by atoms with Gasteiger partial charge in [0, 0.05) is 24.1 Å². The van der Waals surface area contributed by atoms with Crippen molar-refractivity contribution in [1.82, 2.24) is 10.2 Å². The summed E-state index contributed by atoms with van der Waals surface area (Å²) in [6.07, 6.45) is 1.16. The van der Waals surface area contributed by atoms with Gasteiger partial charge in [0.05, 0.1) is 5.92 Å². The average Bonchev–Trinajstić information content (AvgIpc) is 3.21. The van der Waals surface area contributed by atoms with Crippen LogP contribution in [0.1, 0.15) is 49.7 Å². The van der Waals surface area contributed by atoms with Gasteiger partial charge in [-0.3, -0.25) is 9.59 Å². The Balaban J connectivity index is 1.69. The van der Waals surface area contributed by atoms with Gasteiger partial charge in [-0.15, -0.1) is 10.2 Å². The van der Waals surface area contributed by atoms with Crippen molar-refractivity contribution in [2.45, 2.75) is 52.9 Å². The van der Waals surface area contributed by atoms with E-state index in [0.717, 1.165) is 28.2 Å². The van der Waals surface area contributed by atoms with Crippen LogP contribution in [0.5, 0.6) is 0 Å². The topological polar surface area (TPSA) is 75.2 Å². The van der Waals surface area contributed by atoms with Gasteiger partial charge in [-0.2, -0.15) is 0 Å². The van der Waals surface area contributed by atoms with Crippen LogP contribution in [0, 0.1) is 19.8 Å². The maximum Gasteiger partial charge on any atom is 0.231 e. The minimum atomic E-state index is -0.384. The van der Waals surface area contributed by atoms with Crippen molar-refractivity contribution < 1.29 is 9.59 Å². The van der Waals surface area contributed by atoms with Gasteiger partial charge in [0.1, 0.15) is 5.01 Å². The molecule has 3 rings (SSSR count). The molecule has 0 aliphatic carbocycles. The van der Waals surface area contributed by atoms with Gasteiger partial charge in [-0.1, -0.05) is 38.2 Å². The molecule has 1 N–H and O–H groups in total. The molecule has 2 amide bonds. The predicted octanol–water partition coefficient (Wildman–Crippen LogP) is 3.83. The van der Waals surface area contributed by atoms with Crippen molar-refractivity contribution in [3.63, 3.8) is 0 Å². The van der Waals surface area contributed by atoms with E-state index in [0.29, 0.717) is 11.7 Å². The predicted molar refractivity (Wildman–Crippen MR) is 108 cm³/mol. The summed E-state index contributed by atoms with van der Waals surface area (Å²) in [5, 5.41) is 12.6. The lowest BCUT2D eigenvalue weighted by Crippen LogP contribution is -2.28. The highest BCUT2D eigenvalue weighted by Crippen LogP contribution is 2.32. The summed E-state index contributed by atoms with van der Waals surface area (Å²) in [6, 6.07) is 6.03. The molecule has 0 saturated carbocycles. The van der Waals surface area contributed by atoms with Crippen LogP contribution in [0.25, 0.3) is 0 Å². The average molecular weight is 387 g/mol. The number of nitrogens with zero attached hydrogens (tertiary/aromatic N) is 3. The normalized spacial score (nSPS) is 17.4. The summed E-state index contributed by atoms with van der Waals surface area (Å²) >= 11 is 1.40. The SMILES string of the molecule is CCC(C)(C)c1nnc(NC(=O)C2CC(=O)N(c3cc(C)cc(C)c3)C2)s1. The van der Waals surface area contributed by atoms with Crippen molar-refractivity contribution in [2.75, 3.05) is 16.8 Å². The highest BCUT2D eigenvalue weighted by Gasteiger charge is 2.36. The van der Waals surface area contributed by atoms with Crippen LogP contribution in [-0.2, 0) is 15.0 Å². The first kappa shape index (κ1) is 19.5. The third-order valence-electron chi connectivity index (χ3n) is 5.13. The first-order valence-corrected chi connectivity index (χ1v) is 10.0. The van der Waals surface area contributed by atoms with Gasteiger partial charge in [-0.25, -0.2) is 0 Å². The summed E-state index contributed by atoms with van der Waals surface area (Å²) in [4.78, 5) is 26.8. The molecular formula is C20H26N4O2S. The molecule has 6 nitrogen and oxygen atoms in total. The lowest BCUT2D eigenvalue weighted by atomic mass is 9.91. The fourth-order valence-electron chi connectivity index (χ4n) is 3.15. The van der Waals surface area contributed by atoms with E-state index in [1.807, 2.05) is 26.0 Å². The van der Waals surface area contributed by atoms with Crippen molar-refractivity contribution in [3.8, 4) is 0 Å². The Bertz CT molecular complexity index is 854. The smallest absolute Gasteiger partial charge is 0.231 e. The van der Waals surface area contributed by atoms with Crippen LogP contribution in [-0.4, -0.2) is 28.6 Å². The second kappa shape index (κ2) is 7.38. The lowest BCUT2D eigenvalue weighted by Gasteiger charge is -2.18. The number of rotatable bonds is 5. The van der Waals surface area contributed by atoms with E-state index < -0.39 is 0 Å². The number of amides is 2. The highest BCUT2D eigenvalue weighted by atomic mass is 32.1. The van der Waals surface area contributed by atoms with E-state index in [-0.39, 0.29) is 29.6 Å². The van der Waals surface area contributed by atoms with Crippen LogP contribution >= 0.6 is 11.3 Å². The maximum absolute atomic E-state index is 12.6. The van der Waals surface area contributed by atoms with Gasteiger partial charge in [0.15, 0.2) is 0 Å². The van der Waals surface area contributed by atoms with Gasteiger partial charge in [-0.05, 0) is 43.5 Å². The number of nitrogens with one attached hydrogen (secondary N) is 1. The Morgan fingerprint density at radius 2 is 1.93 bits per heavy atom. The van der Waals surface area contributed by atoms with E-state index in [9.17, 15) is 9.59 Å². The van der Waals surface area contributed by atoms with E-state index in [4.69, 9.17) is 0 Å². The first-order valence-electron chi connectivity index (χ1n) is 9.23. The molecule has 1 aromatic carbocycles. The number of aromatic nitrogens is 2. The quantitative estimate of drug-likeness (QED) is 0.847. The summed E-state index contributed by atoms with van der Waals surface area (Å²) in [5.74, 6) is -0.581. The van der Waals surface area contributed by atoms with Crippen LogP contribution in [0.15, 0.2) is 18.2 Å². The lowest BCUT2D eigenvalue weighted by molar-refractivity contribution is -0.122. The van der Waals surface area contributed by atoms with Crippen molar-refractivity contribution >= 4 is 34.0 Å². The summed E-state index contributed by atoms with van der Waals surface area (Å²) < 4.78 is 0. The molecule has 1 atom stereocenters. The number of hydrogen-bond donors (Lipinski definition) is 1. The highest BCUT2D eigenvalue weighted by molar-refractivity contribution is 7.15. The Kier molecular flexibility index (Phi) is 5.33. The Hall–Kier alpha value is -2.28. The third-order valence-corrected chi connectivity index (χ3v) is 6.34. The largest absolute Gasteiger partial charge is 0.312 e. The molecule has 1 unspecified atom stereocenters. The number of aryl methyl sites for hydroxylation is 2. The monoisotopic (exact) mass is 386 g/mol. The van der Waals surface area contributed by atoms with Gasteiger partial charge in [0.2, 0.25) is 16.9 Å². The fourth-order valence-corrected chi connectivity index (χ4v) is 4.06. The minimum absolute atomic E-state index is 0.0229. The Morgan fingerprint density at radius 1 is 1.26 bits per heavy atom. The third kappa shape index (κ3) is 4.18. The molecule has 7 heteroatoms.